The highest BCUT2D eigenvalue weighted by Gasteiger charge is 2.01. The Morgan fingerprint density at radius 2 is 2.27 bits per heavy atom. The molecule has 0 bridgehead atoms. The van der Waals surface area contributed by atoms with E-state index in [1.54, 1.807) is 12.4 Å². The summed E-state index contributed by atoms with van der Waals surface area (Å²) in [6.07, 6.45) is 3.29. The average molecular weight is 210 g/mol. The van der Waals surface area contributed by atoms with Crippen LogP contribution in [0.3, 0.4) is 0 Å². The monoisotopic (exact) mass is 210 g/mol. The third-order valence-corrected chi connectivity index (χ3v) is 1.99. The van der Waals surface area contributed by atoms with Crippen LogP contribution in [0.4, 0.5) is 5.82 Å². The van der Waals surface area contributed by atoms with E-state index in [1.165, 1.54) is 0 Å². The molecule has 1 aromatic heterocycles. The lowest BCUT2D eigenvalue weighted by Crippen LogP contribution is -2.29. The first-order valence-corrected chi connectivity index (χ1v) is 5.12. The molecule has 0 saturated heterocycles. The second-order valence-electron chi connectivity index (χ2n) is 3.25. The van der Waals surface area contributed by atoms with E-state index in [4.69, 9.17) is 4.74 Å². The number of hydrogen-bond acceptors (Lipinski definition) is 5. The zero-order valence-corrected chi connectivity index (χ0v) is 9.45. The first-order valence-electron chi connectivity index (χ1n) is 5.12. The van der Waals surface area contributed by atoms with Gasteiger partial charge >= 0.3 is 0 Å². The topological polar surface area (TPSA) is 59.1 Å². The lowest BCUT2D eigenvalue weighted by atomic mass is 10.3. The highest BCUT2D eigenvalue weighted by atomic mass is 16.5. The smallest absolute Gasteiger partial charge is 0.234 e. The minimum Gasteiger partial charge on any atom is -0.477 e. The summed E-state index contributed by atoms with van der Waals surface area (Å²) in [5.41, 5.74) is 0. The van der Waals surface area contributed by atoms with Crippen molar-refractivity contribution in [1.82, 2.24) is 15.3 Å². The standard InChI is InChI=1S/C10H18N4O/c1-4-15-10-7-12-6-9(14-10)13-5-8(2)11-3/h6-8,11H,4-5H2,1-3H3,(H,13,14). The predicted molar refractivity (Wildman–Crippen MR) is 60.2 cm³/mol. The molecule has 0 aliphatic heterocycles. The molecular weight excluding hydrogens is 192 g/mol. The van der Waals surface area contributed by atoms with Gasteiger partial charge in [-0.2, -0.15) is 4.98 Å². The summed E-state index contributed by atoms with van der Waals surface area (Å²) >= 11 is 0. The molecule has 0 aromatic carbocycles. The summed E-state index contributed by atoms with van der Waals surface area (Å²) < 4.78 is 5.25. The summed E-state index contributed by atoms with van der Waals surface area (Å²) in [6.45, 7) is 5.42. The van der Waals surface area contributed by atoms with Crippen molar-refractivity contribution in [3.63, 3.8) is 0 Å². The Bertz CT molecular complexity index is 293. The Morgan fingerprint density at radius 1 is 1.47 bits per heavy atom. The van der Waals surface area contributed by atoms with Gasteiger partial charge in [-0.1, -0.05) is 0 Å². The zero-order chi connectivity index (χ0) is 11.1. The van der Waals surface area contributed by atoms with Crippen LogP contribution in [0.25, 0.3) is 0 Å². The normalized spacial score (nSPS) is 12.2. The highest BCUT2D eigenvalue weighted by Crippen LogP contribution is 2.08. The molecule has 15 heavy (non-hydrogen) atoms. The summed E-state index contributed by atoms with van der Waals surface area (Å²) in [4.78, 5) is 8.28. The van der Waals surface area contributed by atoms with E-state index in [2.05, 4.69) is 27.5 Å². The number of nitrogens with one attached hydrogen (secondary N) is 2. The summed E-state index contributed by atoms with van der Waals surface area (Å²) in [5, 5.41) is 6.31. The van der Waals surface area contributed by atoms with Crippen LogP contribution in [0.15, 0.2) is 12.4 Å². The SMILES string of the molecule is CCOc1cncc(NCC(C)NC)n1. The first kappa shape index (κ1) is 11.7. The number of hydrogen-bond donors (Lipinski definition) is 2. The maximum Gasteiger partial charge on any atom is 0.234 e. The van der Waals surface area contributed by atoms with Crippen molar-refractivity contribution in [2.24, 2.45) is 0 Å². The van der Waals surface area contributed by atoms with Gasteiger partial charge in [-0.05, 0) is 20.9 Å². The van der Waals surface area contributed by atoms with Crippen LogP contribution >= 0.6 is 0 Å². The highest BCUT2D eigenvalue weighted by molar-refractivity contribution is 5.33. The fraction of sp³-hybridized carbons (Fsp3) is 0.600. The predicted octanol–water partition coefficient (Wildman–Crippen LogP) is 0.895. The number of rotatable bonds is 6. The second-order valence-corrected chi connectivity index (χ2v) is 3.25. The minimum absolute atomic E-state index is 0.391. The molecule has 84 valence electrons. The van der Waals surface area contributed by atoms with Gasteiger partial charge in [-0.15, -0.1) is 0 Å². The Labute approximate surface area is 90.3 Å². The first-order chi connectivity index (χ1) is 7.26. The van der Waals surface area contributed by atoms with E-state index >= 15 is 0 Å². The van der Waals surface area contributed by atoms with Crippen molar-refractivity contribution in [3.8, 4) is 5.88 Å². The molecule has 0 aliphatic rings. The van der Waals surface area contributed by atoms with E-state index in [-0.39, 0.29) is 0 Å². The molecule has 1 atom stereocenters. The van der Waals surface area contributed by atoms with Crippen LogP contribution in [0, 0.1) is 0 Å². The molecule has 0 amide bonds. The lowest BCUT2D eigenvalue weighted by Gasteiger charge is -2.11. The molecule has 1 aromatic rings. The number of ether oxygens (including phenoxy) is 1. The van der Waals surface area contributed by atoms with E-state index in [1.807, 2.05) is 14.0 Å². The maximum atomic E-state index is 5.25. The van der Waals surface area contributed by atoms with Crippen LogP contribution in [-0.4, -0.2) is 36.2 Å². The average Bonchev–Trinajstić information content (AvgIpc) is 2.27. The van der Waals surface area contributed by atoms with Gasteiger partial charge in [0, 0.05) is 12.6 Å². The van der Waals surface area contributed by atoms with Gasteiger partial charge in [0.15, 0.2) is 0 Å². The van der Waals surface area contributed by atoms with Crippen LogP contribution in [-0.2, 0) is 0 Å². The van der Waals surface area contributed by atoms with Gasteiger partial charge in [0.25, 0.3) is 0 Å². The van der Waals surface area contributed by atoms with Crippen LogP contribution in [0.5, 0.6) is 5.88 Å². The van der Waals surface area contributed by atoms with Crippen LogP contribution in [0.2, 0.25) is 0 Å². The van der Waals surface area contributed by atoms with E-state index < -0.39 is 0 Å². The summed E-state index contributed by atoms with van der Waals surface area (Å²) in [7, 11) is 1.93. The third-order valence-electron chi connectivity index (χ3n) is 1.99. The largest absolute Gasteiger partial charge is 0.477 e. The molecule has 2 N–H and O–H groups in total. The molecule has 5 heteroatoms. The Kier molecular flexibility index (Phi) is 4.83. The number of likely N-dealkylation sites (N-methyl/N-ethyl adjacent to an activating group) is 1. The van der Waals surface area contributed by atoms with Crippen molar-refractivity contribution in [2.75, 3.05) is 25.5 Å². The van der Waals surface area contributed by atoms with Crippen molar-refractivity contribution in [1.29, 1.82) is 0 Å². The van der Waals surface area contributed by atoms with E-state index in [0.29, 0.717) is 18.5 Å². The molecular formula is C10H18N4O. The lowest BCUT2D eigenvalue weighted by molar-refractivity contribution is 0.325. The molecule has 0 radical (unpaired) electrons. The van der Waals surface area contributed by atoms with Crippen molar-refractivity contribution in [2.45, 2.75) is 19.9 Å². The van der Waals surface area contributed by atoms with Crippen LogP contribution < -0.4 is 15.4 Å². The molecule has 0 fully saturated rings. The minimum atomic E-state index is 0.391. The molecule has 0 aliphatic carbocycles. The third kappa shape index (κ3) is 4.12. The van der Waals surface area contributed by atoms with Gasteiger partial charge in [0.1, 0.15) is 5.82 Å². The van der Waals surface area contributed by atoms with Gasteiger partial charge in [0.2, 0.25) is 5.88 Å². The fourth-order valence-corrected chi connectivity index (χ4v) is 1.01. The van der Waals surface area contributed by atoms with E-state index in [0.717, 1.165) is 12.4 Å². The quantitative estimate of drug-likeness (QED) is 0.730. The van der Waals surface area contributed by atoms with Gasteiger partial charge in [0.05, 0.1) is 19.0 Å². The molecule has 5 nitrogen and oxygen atoms in total. The number of nitrogens with zero attached hydrogens (tertiary/aromatic N) is 2. The van der Waals surface area contributed by atoms with Crippen LogP contribution in [0.1, 0.15) is 13.8 Å². The summed E-state index contributed by atoms with van der Waals surface area (Å²) in [6, 6.07) is 0.391. The Morgan fingerprint density at radius 3 is 2.93 bits per heavy atom. The number of anilines is 1. The molecule has 0 spiro atoms. The Balaban J connectivity index is 2.50. The zero-order valence-electron chi connectivity index (χ0n) is 9.45. The van der Waals surface area contributed by atoms with Crippen molar-refractivity contribution < 1.29 is 4.74 Å². The molecule has 1 heterocycles. The van der Waals surface area contributed by atoms with Gasteiger partial charge < -0.3 is 15.4 Å². The molecule has 0 saturated carbocycles. The summed E-state index contributed by atoms with van der Waals surface area (Å²) in [5.74, 6) is 1.29. The maximum absolute atomic E-state index is 5.25. The fourth-order valence-electron chi connectivity index (χ4n) is 1.01. The molecule has 1 unspecified atom stereocenters. The van der Waals surface area contributed by atoms with Crippen molar-refractivity contribution >= 4 is 5.82 Å². The van der Waals surface area contributed by atoms with Gasteiger partial charge in [-0.25, -0.2) is 0 Å². The molecule has 1 rings (SSSR count). The Hall–Kier alpha value is -1.36. The second kappa shape index (κ2) is 6.19. The number of aromatic nitrogens is 2. The van der Waals surface area contributed by atoms with Gasteiger partial charge in [-0.3, -0.25) is 4.98 Å². The van der Waals surface area contributed by atoms with E-state index in [9.17, 15) is 0 Å². The van der Waals surface area contributed by atoms with Crippen molar-refractivity contribution in [3.05, 3.63) is 12.4 Å².